The number of hydrogen-bond acceptors (Lipinski definition) is 5. The SMILES string of the molecule is NC1=NC(N)(Cc2cc3cccc(Cl)c3nc2-c2ccccc2Cl)C(F)=CN1. The lowest BCUT2D eigenvalue weighted by molar-refractivity contribution is 0.397. The predicted octanol–water partition coefficient (Wildman–Crippen LogP) is 4.13. The van der Waals surface area contributed by atoms with E-state index in [2.05, 4.69) is 10.3 Å². The van der Waals surface area contributed by atoms with Gasteiger partial charge < -0.3 is 16.8 Å². The summed E-state index contributed by atoms with van der Waals surface area (Å²) in [7, 11) is 0. The molecule has 1 aliphatic rings. The van der Waals surface area contributed by atoms with Crippen LogP contribution in [-0.4, -0.2) is 16.6 Å². The largest absolute Gasteiger partial charge is 0.370 e. The van der Waals surface area contributed by atoms with Gasteiger partial charge in [-0.25, -0.2) is 14.4 Å². The van der Waals surface area contributed by atoms with Gasteiger partial charge in [-0.05, 0) is 23.8 Å². The molecule has 1 atom stereocenters. The topological polar surface area (TPSA) is 89.3 Å². The summed E-state index contributed by atoms with van der Waals surface area (Å²) in [5.41, 5.74) is 12.9. The number of hydrogen-bond donors (Lipinski definition) is 3. The molecule has 0 radical (unpaired) electrons. The maximum Gasteiger partial charge on any atom is 0.195 e. The standard InChI is InChI=1S/C20H16Cl2FN5/c21-14-6-2-1-5-13(14)17-12(8-11-4-3-7-15(22)18(11)27-17)9-20(25)16(23)10-26-19(24)28-20/h1-8,10H,9,25H2,(H3,24,26,28). The van der Waals surface area contributed by atoms with Crippen molar-refractivity contribution in [2.45, 2.75) is 12.1 Å². The molecule has 1 aromatic heterocycles. The van der Waals surface area contributed by atoms with Gasteiger partial charge in [0, 0.05) is 28.6 Å². The van der Waals surface area contributed by atoms with E-state index in [1.54, 1.807) is 12.1 Å². The fourth-order valence-corrected chi connectivity index (χ4v) is 3.65. The average molecular weight is 416 g/mol. The monoisotopic (exact) mass is 415 g/mol. The molecule has 1 unspecified atom stereocenters. The highest BCUT2D eigenvalue weighted by molar-refractivity contribution is 6.35. The number of benzene rings is 2. The summed E-state index contributed by atoms with van der Waals surface area (Å²) in [5, 5.41) is 4.35. The van der Waals surface area contributed by atoms with E-state index in [0.29, 0.717) is 32.4 Å². The molecule has 4 rings (SSSR count). The van der Waals surface area contributed by atoms with Crippen molar-refractivity contribution in [3.63, 3.8) is 0 Å². The minimum absolute atomic E-state index is 0.0354. The Bertz CT molecular complexity index is 1140. The Hall–Kier alpha value is -2.67. The number of aromatic nitrogens is 1. The maximum atomic E-state index is 14.5. The summed E-state index contributed by atoms with van der Waals surface area (Å²) in [5.74, 6) is -0.585. The zero-order valence-electron chi connectivity index (χ0n) is 14.6. The van der Waals surface area contributed by atoms with Gasteiger partial charge >= 0.3 is 0 Å². The number of guanidine groups is 1. The van der Waals surface area contributed by atoms with Crippen LogP contribution in [0.15, 0.2) is 65.6 Å². The molecule has 5 N–H and O–H groups in total. The lowest BCUT2D eigenvalue weighted by Gasteiger charge is -2.28. The second kappa shape index (κ2) is 7.05. The Balaban J connectivity index is 1.94. The van der Waals surface area contributed by atoms with Crippen molar-refractivity contribution in [2.75, 3.05) is 0 Å². The van der Waals surface area contributed by atoms with Crippen molar-refractivity contribution in [1.29, 1.82) is 0 Å². The number of nitrogens with two attached hydrogens (primary N) is 2. The molecule has 5 nitrogen and oxygen atoms in total. The van der Waals surface area contributed by atoms with Gasteiger partial charge in [-0.1, -0.05) is 53.5 Å². The van der Waals surface area contributed by atoms with Gasteiger partial charge in [0.15, 0.2) is 17.4 Å². The van der Waals surface area contributed by atoms with Crippen molar-refractivity contribution < 1.29 is 4.39 Å². The number of aliphatic imine (C=N–C) groups is 1. The lowest BCUT2D eigenvalue weighted by Crippen LogP contribution is -2.48. The van der Waals surface area contributed by atoms with Gasteiger partial charge in [0.1, 0.15) is 0 Å². The highest BCUT2D eigenvalue weighted by Crippen LogP contribution is 2.35. The van der Waals surface area contributed by atoms with E-state index in [4.69, 9.17) is 39.7 Å². The van der Waals surface area contributed by atoms with Crippen LogP contribution in [0.4, 0.5) is 4.39 Å². The van der Waals surface area contributed by atoms with Gasteiger partial charge in [-0.3, -0.25) is 0 Å². The van der Waals surface area contributed by atoms with E-state index >= 15 is 0 Å². The Labute approximate surface area is 170 Å². The summed E-state index contributed by atoms with van der Waals surface area (Å²) in [6.07, 6.45) is 1.15. The van der Waals surface area contributed by atoms with Crippen LogP contribution in [0.25, 0.3) is 22.2 Å². The number of rotatable bonds is 3. The summed E-state index contributed by atoms with van der Waals surface area (Å²) in [6.45, 7) is 0. The van der Waals surface area contributed by atoms with Crippen LogP contribution in [0.1, 0.15) is 5.56 Å². The van der Waals surface area contributed by atoms with E-state index in [-0.39, 0.29) is 12.4 Å². The Morgan fingerprint density at radius 2 is 1.82 bits per heavy atom. The third-order valence-corrected chi connectivity index (χ3v) is 5.18. The highest BCUT2D eigenvalue weighted by Gasteiger charge is 2.34. The molecule has 0 saturated carbocycles. The molecule has 3 aromatic rings. The van der Waals surface area contributed by atoms with Gasteiger partial charge in [0.25, 0.3) is 0 Å². The van der Waals surface area contributed by atoms with E-state index in [1.807, 2.05) is 36.4 Å². The van der Waals surface area contributed by atoms with Gasteiger partial charge in [-0.2, -0.15) is 0 Å². The van der Waals surface area contributed by atoms with Crippen LogP contribution in [0.2, 0.25) is 10.0 Å². The van der Waals surface area contributed by atoms with Crippen LogP contribution < -0.4 is 16.8 Å². The number of pyridine rings is 1. The molecular weight excluding hydrogens is 400 g/mol. The number of nitrogens with one attached hydrogen (secondary N) is 1. The second-order valence-electron chi connectivity index (χ2n) is 6.52. The van der Waals surface area contributed by atoms with E-state index in [9.17, 15) is 4.39 Å². The molecule has 1 aliphatic heterocycles. The number of fused-ring (bicyclic) bond motifs is 1. The zero-order valence-corrected chi connectivity index (χ0v) is 16.1. The predicted molar refractivity (Wildman–Crippen MR) is 112 cm³/mol. The molecule has 8 heteroatoms. The second-order valence-corrected chi connectivity index (χ2v) is 7.34. The zero-order chi connectivity index (χ0) is 19.9. The van der Waals surface area contributed by atoms with Gasteiger partial charge in [-0.15, -0.1) is 0 Å². The van der Waals surface area contributed by atoms with Crippen LogP contribution in [0.3, 0.4) is 0 Å². The molecule has 0 aliphatic carbocycles. The smallest absolute Gasteiger partial charge is 0.195 e. The molecule has 0 bridgehead atoms. The number of para-hydroxylation sites is 1. The first-order chi connectivity index (χ1) is 13.4. The van der Waals surface area contributed by atoms with Crippen molar-refractivity contribution >= 4 is 40.1 Å². The van der Waals surface area contributed by atoms with E-state index in [1.165, 1.54) is 0 Å². The van der Waals surface area contributed by atoms with Crippen molar-refractivity contribution in [1.82, 2.24) is 10.3 Å². The Kier molecular flexibility index (Phi) is 4.71. The average Bonchev–Trinajstić information content (AvgIpc) is 2.65. The fourth-order valence-electron chi connectivity index (χ4n) is 3.20. The molecular formula is C20H16Cl2FN5. The summed E-state index contributed by atoms with van der Waals surface area (Å²) < 4.78 is 14.5. The van der Waals surface area contributed by atoms with Gasteiger partial charge in [0.05, 0.1) is 16.2 Å². The first-order valence-corrected chi connectivity index (χ1v) is 9.23. The number of halogens is 3. The molecule has 0 saturated heterocycles. The Morgan fingerprint density at radius 3 is 2.61 bits per heavy atom. The van der Waals surface area contributed by atoms with Crippen molar-refractivity contribution in [2.24, 2.45) is 16.5 Å². The van der Waals surface area contributed by atoms with Crippen LogP contribution in [-0.2, 0) is 6.42 Å². The minimum Gasteiger partial charge on any atom is -0.370 e. The van der Waals surface area contributed by atoms with Crippen LogP contribution >= 0.6 is 23.2 Å². The lowest BCUT2D eigenvalue weighted by atomic mass is 9.94. The summed E-state index contributed by atoms with van der Waals surface area (Å²) >= 11 is 12.7. The van der Waals surface area contributed by atoms with Crippen LogP contribution in [0, 0.1) is 0 Å². The first kappa shape index (κ1) is 18.7. The molecule has 2 heterocycles. The maximum absolute atomic E-state index is 14.5. The molecule has 142 valence electrons. The molecule has 0 fully saturated rings. The third-order valence-electron chi connectivity index (χ3n) is 4.54. The highest BCUT2D eigenvalue weighted by atomic mass is 35.5. The quantitative estimate of drug-likeness (QED) is 0.599. The van der Waals surface area contributed by atoms with Crippen molar-refractivity contribution in [3.8, 4) is 11.3 Å². The molecule has 0 amide bonds. The van der Waals surface area contributed by atoms with E-state index < -0.39 is 11.5 Å². The first-order valence-electron chi connectivity index (χ1n) is 8.47. The molecule has 2 aromatic carbocycles. The minimum atomic E-state index is -1.64. The number of nitrogens with zero attached hydrogens (tertiary/aromatic N) is 2. The van der Waals surface area contributed by atoms with Crippen molar-refractivity contribution in [3.05, 3.63) is 76.2 Å². The van der Waals surface area contributed by atoms with E-state index in [0.717, 1.165) is 11.6 Å². The molecule has 0 spiro atoms. The normalized spacial score (nSPS) is 19.1. The summed E-state index contributed by atoms with van der Waals surface area (Å²) in [6, 6.07) is 14.6. The fraction of sp³-hybridized carbons (Fsp3) is 0.100. The van der Waals surface area contributed by atoms with Gasteiger partial charge in [0.2, 0.25) is 0 Å². The molecule has 28 heavy (non-hydrogen) atoms. The Morgan fingerprint density at radius 1 is 1.07 bits per heavy atom. The third kappa shape index (κ3) is 3.30. The van der Waals surface area contributed by atoms with Crippen LogP contribution in [0.5, 0.6) is 0 Å². The summed E-state index contributed by atoms with van der Waals surface area (Å²) in [4.78, 5) is 8.81.